The largest absolute Gasteiger partial charge is 0.508 e. The number of hydrogen-bond acceptors (Lipinski definition) is 10. The fourth-order valence-corrected chi connectivity index (χ4v) is 5.78. The van der Waals surface area contributed by atoms with Gasteiger partial charge in [-0.1, -0.05) is 32.0 Å². The summed E-state index contributed by atoms with van der Waals surface area (Å²) in [5.74, 6) is -5.39. The van der Waals surface area contributed by atoms with Crippen molar-refractivity contribution in [3.63, 3.8) is 0 Å². The highest BCUT2D eigenvalue weighted by atomic mass is 16.5. The Bertz CT molecular complexity index is 1680. The van der Waals surface area contributed by atoms with Crippen LogP contribution in [-0.4, -0.2) is 87.1 Å². The molecule has 14 heteroatoms. The number of nitrogens with one attached hydrogen (secondary N) is 2. The number of carboxylic acids is 1. The SMILES string of the molecule is COc1cccc2nc(C(=O)[C@H](CC(=O)O)NC(=O)C3CCCN3C(=O)[C@@H](NC(=O)[C@@H](CC(C)=O)Cc3ccc(O)cc3)C(C)C)oc12. The molecule has 1 fully saturated rings. The first-order valence-corrected chi connectivity index (χ1v) is 15.7. The quantitative estimate of drug-likeness (QED) is 0.174. The smallest absolute Gasteiger partial charge is 0.305 e. The van der Waals surface area contributed by atoms with Crippen molar-refractivity contribution in [2.75, 3.05) is 13.7 Å². The average molecular weight is 665 g/mol. The van der Waals surface area contributed by atoms with E-state index < -0.39 is 71.7 Å². The van der Waals surface area contributed by atoms with Crippen molar-refractivity contribution < 1.29 is 48.1 Å². The van der Waals surface area contributed by atoms with E-state index in [4.69, 9.17) is 9.15 Å². The van der Waals surface area contributed by atoms with E-state index in [0.717, 1.165) is 5.56 Å². The number of benzene rings is 2. The molecule has 256 valence electrons. The molecule has 4 atom stereocenters. The van der Waals surface area contributed by atoms with Crippen LogP contribution in [0.15, 0.2) is 46.9 Å². The number of fused-ring (bicyclic) bond motifs is 1. The van der Waals surface area contributed by atoms with Gasteiger partial charge in [-0.05, 0) is 61.9 Å². The van der Waals surface area contributed by atoms with E-state index in [0.29, 0.717) is 17.7 Å². The lowest BCUT2D eigenvalue weighted by atomic mass is 9.92. The summed E-state index contributed by atoms with van der Waals surface area (Å²) in [6, 6.07) is 7.49. The number of phenols is 1. The summed E-state index contributed by atoms with van der Waals surface area (Å²) in [7, 11) is 1.42. The molecule has 1 unspecified atom stereocenters. The Morgan fingerprint density at radius 3 is 2.38 bits per heavy atom. The standard InChI is InChI=1S/C34H40N4O10/c1-18(2)28(37-31(44)21(15-19(3)39)16-20-10-12-22(40)13-11-20)34(46)38-14-6-8-25(38)32(45)35-24(17-27(41)42)29(43)33-36-23-7-5-9-26(47-4)30(23)48-33/h5,7,9-13,18,21,24-25,28,40H,6,8,14-17H2,1-4H3,(H,35,45)(H,37,44)(H,41,42)/t21-,24-,25?,28-/m0/s1. The minimum atomic E-state index is -1.54. The van der Waals surface area contributed by atoms with Gasteiger partial charge in [-0.25, -0.2) is 4.98 Å². The zero-order chi connectivity index (χ0) is 35.1. The molecule has 1 aliphatic rings. The third-order valence-electron chi connectivity index (χ3n) is 8.21. The van der Waals surface area contributed by atoms with Crippen molar-refractivity contribution in [3.8, 4) is 11.5 Å². The fraction of sp³-hybridized carbons (Fsp3) is 0.441. The molecule has 1 saturated heterocycles. The molecule has 14 nitrogen and oxygen atoms in total. The van der Waals surface area contributed by atoms with Gasteiger partial charge >= 0.3 is 5.97 Å². The second kappa shape index (κ2) is 15.5. The molecule has 0 saturated carbocycles. The average Bonchev–Trinajstić information content (AvgIpc) is 3.71. The van der Waals surface area contributed by atoms with Gasteiger partial charge in [0.25, 0.3) is 5.89 Å². The van der Waals surface area contributed by atoms with Crippen molar-refractivity contribution in [1.82, 2.24) is 20.5 Å². The number of Topliss-reactive ketones (excluding diaryl/α,β-unsaturated/α-hetero) is 2. The number of oxazole rings is 1. The third-order valence-corrected chi connectivity index (χ3v) is 8.21. The van der Waals surface area contributed by atoms with E-state index in [9.17, 15) is 39.0 Å². The monoisotopic (exact) mass is 664 g/mol. The lowest BCUT2D eigenvalue weighted by Gasteiger charge is -2.32. The van der Waals surface area contributed by atoms with E-state index in [1.807, 2.05) is 0 Å². The Balaban J connectivity index is 1.50. The molecule has 1 aliphatic heterocycles. The van der Waals surface area contributed by atoms with Gasteiger partial charge in [0.1, 0.15) is 35.2 Å². The third kappa shape index (κ3) is 8.55. The molecule has 1 aromatic heterocycles. The predicted molar refractivity (Wildman–Crippen MR) is 171 cm³/mol. The molecular formula is C34H40N4O10. The molecular weight excluding hydrogens is 624 g/mol. The van der Waals surface area contributed by atoms with Gasteiger partial charge in [-0.15, -0.1) is 0 Å². The van der Waals surface area contributed by atoms with Crippen LogP contribution in [0.25, 0.3) is 11.1 Å². The number of methoxy groups -OCH3 is 1. The molecule has 48 heavy (non-hydrogen) atoms. The van der Waals surface area contributed by atoms with Crippen molar-refractivity contribution in [3.05, 3.63) is 53.9 Å². The van der Waals surface area contributed by atoms with Gasteiger partial charge in [0.05, 0.1) is 13.5 Å². The first kappa shape index (κ1) is 35.6. The Hall–Kier alpha value is -5.27. The molecule has 2 aromatic carbocycles. The fourth-order valence-electron chi connectivity index (χ4n) is 5.78. The van der Waals surface area contributed by atoms with E-state index in [1.54, 1.807) is 44.2 Å². The predicted octanol–water partition coefficient (Wildman–Crippen LogP) is 2.65. The number of aromatic nitrogens is 1. The number of carbonyl (C=O) groups is 6. The summed E-state index contributed by atoms with van der Waals surface area (Å²) in [4.78, 5) is 83.5. The highest BCUT2D eigenvalue weighted by Gasteiger charge is 2.41. The Morgan fingerprint density at radius 1 is 1.04 bits per heavy atom. The maximum atomic E-state index is 13.9. The van der Waals surface area contributed by atoms with E-state index in [1.165, 1.54) is 31.1 Å². The van der Waals surface area contributed by atoms with Gasteiger partial charge in [0, 0.05) is 18.9 Å². The lowest BCUT2D eigenvalue weighted by Crippen LogP contribution is -2.57. The van der Waals surface area contributed by atoms with Gasteiger partial charge in [0.15, 0.2) is 11.3 Å². The Kier molecular flexibility index (Phi) is 11.5. The summed E-state index contributed by atoms with van der Waals surface area (Å²) < 4.78 is 10.8. The van der Waals surface area contributed by atoms with Crippen LogP contribution < -0.4 is 15.4 Å². The number of carbonyl (C=O) groups excluding carboxylic acids is 5. The van der Waals surface area contributed by atoms with Gasteiger partial charge in [-0.2, -0.15) is 0 Å². The number of hydrogen-bond donors (Lipinski definition) is 4. The number of nitrogens with zero attached hydrogens (tertiary/aromatic N) is 2. The first-order chi connectivity index (χ1) is 22.8. The van der Waals surface area contributed by atoms with Crippen LogP contribution in [0.1, 0.15) is 62.7 Å². The highest BCUT2D eigenvalue weighted by Crippen LogP contribution is 2.27. The normalized spacial score (nSPS) is 16.3. The van der Waals surface area contributed by atoms with Gasteiger partial charge in [0.2, 0.25) is 23.5 Å². The maximum absolute atomic E-state index is 13.9. The highest BCUT2D eigenvalue weighted by molar-refractivity contribution is 6.03. The number of para-hydroxylation sites is 1. The summed E-state index contributed by atoms with van der Waals surface area (Å²) in [6.07, 6.45) is 0.0824. The van der Waals surface area contributed by atoms with Crippen molar-refractivity contribution in [2.24, 2.45) is 11.8 Å². The maximum Gasteiger partial charge on any atom is 0.305 e. The first-order valence-electron chi connectivity index (χ1n) is 15.7. The number of ketones is 2. The summed E-state index contributed by atoms with van der Waals surface area (Å²) >= 11 is 0. The number of aromatic hydroxyl groups is 1. The molecule has 3 amide bonds. The number of likely N-dealkylation sites (tertiary alicyclic amines) is 1. The van der Waals surface area contributed by atoms with Crippen molar-refractivity contribution in [2.45, 2.75) is 71.0 Å². The number of rotatable bonds is 15. The summed E-state index contributed by atoms with van der Waals surface area (Å²) in [6.45, 7) is 5.05. The minimum absolute atomic E-state index is 0.0616. The zero-order valence-corrected chi connectivity index (χ0v) is 27.2. The number of carboxylic acid groups (broad SMARTS) is 1. The number of phenolic OH excluding ortho intramolecular Hbond substituents is 1. The van der Waals surface area contributed by atoms with E-state index in [2.05, 4.69) is 15.6 Å². The van der Waals surface area contributed by atoms with Gasteiger partial charge < -0.3 is 39.7 Å². The van der Waals surface area contributed by atoms with Crippen LogP contribution in [-0.2, 0) is 30.4 Å². The number of aliphatic carboxylic acids is 1. The Morgan fingerprint density at radius 2 is 1.75 bits per heavy atom. The Labute approximate surface area is 276 Å². The molecule has 2 heterocycles. The van der Waals surface area contributed by atoms with E-state index >= 15 is 0 Å². The van der Waals surface area contributed by atoms with Crippen molar-refractivity contribution in [1.29, 1.82) is 0 Å². The van der Waals surface area contributed by atoms with Gasteiger partial charge in [-0.3, -0.25) is 24.0 Å². The molecule has 0 bridgehead atoms. The van der Waals surface area contributed by atoms with Crippen LogP contribution in [0, 0.1) is 11.8 Å². The molecule has 0 spiro atoms. The van der Waals surface area contributed by atoms with Crippen LogP contribution in [0.5, 0.6) is 11.5 Å². The summed E-state index contributed by atoms with van der Waals surface area (Å²) in [5.41, 5.74) is 1.22. The van der Waals surface area contributed by atoms with Crippen LogP contribution >= 0.6 is 0 Å². The number of ether oxygens (including phenoxy) is 1. The van der Waals surface area contributed by atoms with Crippen LogP contribution in [0.3, 0.4) is 0 Å². The second-order valence-electron chi connectivity index (χ2n) is 12.2. The van der Waals surface area contributed by atoms with Crippen molar-refractivity contribution >= 4 is 46.4 Å². The van der Waals surface area contributed by atoms with Crippen LogP contribution in [0.4, 0.5) is 0 Å². The molecule has 4 N–H and O–H groups in total. The second-order valence-corrected chi connectivity index (χ2v) is 12.2. The molecule has 3 aromatic rings. The lowest BCUT2D eigenvalue weighted by molar-refractivity contribution is -0.143. The molecule has 4 rings (SSSR count). The topological polar surface area (TPSA) is 205 Å². The van der Waals surface area contributed by atoms with Crippen LogP contribution in [0.2, 0.25) is 0 Å². The molecule has 0 radical (unpaired) electrons. The summed E-state index contributed by atoms with van der Waals surface area (Å²) in [5, 5.41) is 24.4. The minimum Gasteiger partial charge on any atom is -0.508 e. The zero-order valence-electron chi connectivity index (χ0n) is 27.2. The number of amides is 3. The molecule has 0 aliphatic carbocycles. The van der Waals surface area contributed by atoms with E-state index in [-0.39, 0.29) is 42.9 Å².